The second-order valence-corrected chi connectivity index (χ2v) is 10.3. The molecule has 0 fully saturated rings. The normalized spacial score (nSPS) is 10.9. The smallest absolute Gasteiger partial charge is 0.336 e. The van der Waals surface area contributed by atoms with Crippen molar-refractivity contribution in [1.82, 2.24) is 14.5 Å². The van der Waals surface area contributed by atoms with Crippen LogP contribution >= 0.6 is 11.3 Å². The topological polar surface area (TPSA) is 102 Å². The minimum atomic E-state index is -0.610. The van der Waals surface area contributed by atoms with Crippen LogP contribution in [0.4, 0.5) is 5.69 Å². The van der Waals surface area contributed by atoms with E-state index in [4.69, 9.17) is 0 Å². The third-order valence-corrected chi connectivity index (χ3v) is 7.46. The van der Waals surface area contributed by atoms with Crippen LogP contribution in [0.2, 0.25) is 0 Å². The summed E-state index contributed by atoms with van der Waals surface area (Å²) in [5, 5.41) is 7.47. The van der Waals surface area contributed by atoms with E-state index in [1.165, 1.54) is 15.9 Å². The fourth-order valence-corrected chi connectivity index (χ4v) is 5.31. The lowest BCUT2D eigenvalue weighted by molar-refractivity contribution is -0.120. The number of anilines is 1. The Morgan fingerprint density at radius 1 is 0.825 bits per heavy atom. The third kappa shape index (κ3) is 5.94. The number of nitrogens with zero attached hydrogens (tertiary/aromatic N) is 2. The first-order valence-electron chi connectivity index (χ1n) is 12.9. The number of rotatable bonds is 9. The van der Waals surface area contributed by atoms with Gasteiger partial charge in [0.1, 0.15) is 11.2 Å². The first kappa shape index (κ1) is 26.8. The Kier molecular flexibility index (Phi) is 8.02. The minimum absolute atomic E-state index is 0.133. The number of hydrogen-bond acceptors (Lipinski definition) is 5. The summed E-state index contributed by atoms with van der Waals surface area (Å²) in [7, 11) is 0. The van der Waals surface area contributed by atoms with Crippen molar-refractivity contribution in [2.75, 3.05) is 5.32 Å². The van der Waals surface area contributed by atoms with Crippen molar-refractivity contribution in [3.8, 4) is 5.69 Å². The summed E-state index contributed by atoms with van der Waals surface area (Å²) in [5.74, 6) is -0.503. The average Bonchev–Trinajstić information content (AvgIpc) is 3.46. The van der Waals surface area contributed by atoms with E-state index in [9.17, 15) is 19.2 Å². The number of fused-ring (bicyclic) bond motifs is 1. The van der Waals surface area contributed by atoms with E-state index in [0.29, 0.717) is 28.1 Å². The van der Waals surface area contributed by atoms with Gasteiger partial charge in [-0.25, -0.2) is 9.36 Å². The van der Waals surface area contributed by atoms with Gasteiger partial charge in [0.05, 0.1) is 17.6 Å². The molecular weight excluding hydrogens is 524 g/mol. The van der Waals surface area contributed by atoms with Crippen LogP contribution in [0.15, 0.2) is 99.9 Å². The molecule has 0 unspecified atom stereocenters. The maximum absolute atomic E-state index is 13.6. The third-order valence-electron chi connectivity index (χ3n) is 6.57. The highest BCUT2D eigenvalue weighted by Gasteiger charge is 2.18. The van der Waals surface area contributed by atoms with Gasteiger partial charge >= 0.3 is 5.69 Å². The standard InChI is InChI=1S/C31H28N4O4S/c1-2-21-9-6-10-24(17-21)33-28(37)20-34-26-15-16-40-29(26)30(38)35(31(34)39)25-13-11-22(12-14-25)18-27(36)32-19-23-7-4-3-5-8-23/h3-17H,2,18-20H2,1H3,(H,32,36)(H,33,37). The Morgan fingerprint density at radius 3 is 2.33 bits per heavy atom. The highest BCUT2D eigenvalue weighted by Crippen LogP contribution is 2.18. The molecule has 0 radical (unpaired) electrons. The Balaban J connectivity index is 1.36. The maximum atomic E-state index is 13.6. The summed E-state index contributed by atoms with van der Waals surface area (Å²) in [6.07, 6.45) is 0.996. The number of benzene rings is 3. The van der Waals surface area contributed by atoms with E-state index in [1.807, 2.05) is 55.5 Å². The number of amides is 2. The van der Waals surface area contributed by atoms with Crippen molar-refractivity contribution < 1.29 is 9.59 Å². The zero-order chi connectivity index (χ0) is 28.1. The molecule has 9 heteroatoms. The molecule has 0 spiro atoms. The summed E-state index contributed by atoms with van der Waals surface area (Å²) < 4.78 is 2.77. The number of aryl methyl sites for hydroxylation is 1. The van der Waals surface area contributed by atoms with Crippen LogP contribution in [0, 0.1) is 0 Å². The largest absolute Gasteiger partial charge is 0.352 e. The lowest BCUT2D eigenvalue weighted by atomic mass is 10.1. The molecule has 5 rings (SSSR count). The molecule has 0 saturated carbocycles. The zero-order valence-corrected chi connectivity index (χ0v) is 22.7. The highest BCUT2D eigenvalue weighted by atomic mass is 32.1. The van der Waals surface area contributed by atoms with Gasteiger partial charge in [0.25, 0.3) is 5.56 Å². The maximum Gasteiger partial charge on any atom is 0.336 e. The van der Waals surface area contributed by atoms with Gasteiger partial charge in [-0.05, 0) is 58.8 Å². The van der Waals surface area contributed by atoms with Crippen molar-refractivity contribution in [3.05, 3.63) is 128 Å². The van der Waals surface area contributed by atoms with Crippen molar-refractivity contribution >= 4 is 39.1 Å². The van der Waals surface area contributed by atoms with Gasteiger partial charge in [-0.1, -0.05) is 61.5 Å². The zero-order valence-electron chi connectivity index (χ0n) is 21.9. The van der Waals surface area contributed by atoms with Gasteiger partial charge in [0.15, 0.2) is 0 Å². The molecule has 40 heavy (non-hydrogen) atoms. The second-order valence-electron chi connectivity index (χ2n) is 9.35. The molecule has 0 bridgehead atoms. The number of carbonyl (C=O) groups is 2. The van der Waals surface area contributed by atoms with Gasteiger partial charge in [-0.3, -0.25) is 19.0 Å². The second kappa shape index (κ2) is 12.0. The van der Waals surface area contributed by atoms with Crippen molar-refractivity contribution in [2.45, 2.75) is 32.9 Å². The van der Waals surface area contributed by atoms with Crippen molar-refractivity contribution in [1.29, 1.82) is 0 Å². The molecule has 202 valence electrons. The van der Waals surface area contributed by atoms with Crippen LogP contribution in [0.25, 0.3) is 15.9 Å². The van der Waals surface area contributed by atoms with E-state index in [-0.39, 0.29) is 24.8 Å². The predicted octanol–water partition coefficient (Wildman–Crippen LogP) is 4.27. The van der Waals surface area contributed by atoms with E-state index < -0.39 is 11.2 Å². The van der Waals surface area contributed by atoms with Crippen LogP contribution in [0.1, 0.15) is 23.6 Å². The molecule has 0 aliphatic rings. The van der Waals surface area contributed by atoms with Gasteiger partial charge in [0, 0.05) is 12.2 Å². The summed E-state index contributed by atoms with van der Waals surface area (Å²) in [6.45, 7) is 2.22. The van der Waals surface area contributed by atoms with Gasteiger partial charge in [-0.15, -0.1) is 11.3 Å². The van der Waals surface area contributed by atoms with E-state index in [2.05, 4.69) is 10.6 Å². The Hall–Kier alpha value is -4.76. The number of thiophene rings is 1. The lowest BCUT2D eigenvalue weighted by Gasteiger charge is -2.13. The average molecular weight is 553 g/mol. The molecule has 0 aliphatic heterocycles. The summed E-state index contributed by atoms with van der Waals surface area (Å²) >= 11 is 1.22. The Morgan fingerprint density at radius 2 is 1.57 bits per heavy atom. The number of aromatic nitrogens is 2. The molecular formula is C31H28N4O4S. The van der Waals surface area contributed by atoms with Crippen LogP contribution < -0.4 is 21.9 Å². The van der Waals surface area contributed by atoms with Gasteiger partial charge in [-0.2, -0.15) is 0 Å². The fraction of sp³-hybridized carbons (Fsp3) is 0.161. The summed E-state index contributed by atoms with van der Waals surface area (Å²) in [6, 6.07) is 25.6. The molecule has 5 aromatic rings. The molecule has 3 aromatic carbocycles. The fourth-order valence-electron chi connectivity index (χ4n) is 4.49. The Bertz CT molecular complexity index is 1790. The molecule has 2 aromatic heterocycles. The molecule has 0 saturated heterocycles. The Labute approximate surface area is 234 Å². The van der Waals surface area contributed by atoms with Gasteiger partial charge < -0.3 is 10.6 Å². The molecule has 2 heterocycles. The van der Waals surface area contributed by atoms with E-state index >= 15 is 0 Å². The predicted molar refractivity (Wildman–Crippen MR) is 158 cm³/mol. The van der Waals surface area contributed by atoms with E-state index in [0.717, 1.165) is 27.7 Å². The van der Waals surface area contributed by atoms with Crippen LogP contribution in [0.3, 0.4) is 0 Å². The SMILES string of the molecule is CCc1cccc(NC(=O)Cn2c(=O)n(-c3ccc(CC(=O)NCc4ccccc4)cc3)c(=O)c3sccc32)c1. The quantitative estimate of drug-likeness (QED) is 0.285. The van der Waals surface area contributed by atoms with Gasteiger partial charge in [0.2, 0.25) is 11.8 Å². The van der Waals surface area contributed by atoms with Crippen LogP contribution in [-0.4, -0.2) is 20.9 Å². The summed E-state index contributed by atoms with van der Waals surface area (Å²) in [4.78, 5) is 52.2. The van der Waals surface area contributed by atoms with Crippen molar-refractivity contribution in [2.24, 2.45) is 0 Å². The van der Waals surface area contributed by atoms with Crippen LogP contribution in [0.5, 0.6) is 0 Å². The number of carbonyl (C=O) groups excluding carboxylic acids is 2. The molecule has 0 aliphatic carbocycles. The molecule has 0 atom stereocenters. The van der Waals surface area contributed by atoms with Crippen molar-refractivity contribution in [3.63, 3.8) is 0 Å². The van der Waals surface area contributed by atoms with Crippen LogP contribution in [-0.2, 0) is 35.5 Å². The number of hydrogen-bond donors (Lipinski definition) is 2. The molecule has 8 nitrogen and oxygen atoms in total. The molecule has 2 amide bonds. The molecule has 2 N–H and O–H groups in total. The summed E-state index contributed by atoms with van der Waals surface area (Å²) in [5.41, 5.74) is 3.21. The first-order chi connectivity index (χ1) is 19.4. The minimum Gasteiger partial charge on any atom is -0.352 e. The lowest BCUT2D eigenvalue weighted by Crippen LogP contribution is -2.40. The number of nitrogens with one attached hydrogen (secondary N) is 2. The first-order valence-corrected chi connectivity index (χ1v) is 13.8. The van der Waals surface area contributed by atoms with E-state index in [1.54, 1.807) is 41.8 Å². The monoisotopic (exact) mass is 552 g/mol. The highest BCUT2D eigenvalue weighted by molar-refractivity contribution is 7.17.